The third-order valence-electron chi connectivity index (χ3n) is 1.73. The second-order valence-electron chi connectivity index (χ2n) is 2.71. The Bertz CT molecular complexity index is 302. The molecule has 0 unspecified atom stereocenters. The molecule has 0 amide bonds. The standard InChI is InChI=1S/C9H10BrF2N/c1-13-3-2-6-4-7(10)9(12)5-8(6)11/h4-5,13H,2-3H2,1H3. The van der Waals surface area contributed by atoms with Crippen LogP contribution in [0.3, 0.4) is 0 Å². The van der Waals surface area contributed by atoms with Crippen molar-refractivity contribution in [2.24, 2.45) is 0 Å². The maximum atomic E-state index is 13.1. The van der Waals surface area contributed by atoms with Crippen molar-refractivity contribution in [1.82, 2.24) is 5.32 Å². The Morgan fingerprint density at radius 2 is 2.00 bits per heavy atom. The van der Waals surface area contributed by atoms with E-state index in [1.54, 1.807) is 7.05 Å². The molecule has 0 fully saturated rings. The van der Waals surface area contributed by atoms with E-state index in [0.717, 1.165) is 6.07 Å². The minimum Gasteiger partial charge on any atom is -0.319 e. The normalized spacial score (nSPS) is 10.5. The van der Waals surface area contributed by atoms with E-state index in [-0.39, 0.29) is 0 Å². The third-order valence-corrected chi connectivity index (χ3v) is 2.34. The molecule has 1 rings (SSSR count). The summed E-state index contributed by atoms with van der Waals surface area (Å²) in [6.45, 7) is 0.676. The van der Waals surface area contributed by atoms with Gasteiger partial charge in [0.25, 0.3) is 0 Å². The van der Waals surface area contributed by atoms with Gasteiger partial charge in [-0.3, -0.25) is 0 Å². The second-order valence-corrected chi connectivity index (χ2v) is 3.57. The van der Waals surface area contributed by atoms with E-state index in [0.29, 0.717) is 23.0 Å². The molecule has 0 aliphatic carbocycles. The number of halogens is 3. The van der Waals surface area contributed by atoms with E-state index in [9.17, 15) is 8.78 Å². The molecule has 0 radical (unpaired) electrons. The first kappa shape index (κ1) is 10.6. The molecule has 1 nitrogen and oxygen atoms in total. The molecule has 0 aliphatic rings. The van der Waals surface area contributed by atoms with Crippen molar-refractivity contribution in [2.75, 3.05) is 13.6 Å². The topological polar surface area (TPSA) is 12.0 Å². The van der Waals surface area contributed by atoms with E-state index >= 15 is 0 Å². The van der Waals surface area contributed by atoms with Gasteiger partial charge in [-0.05, 0) is 47.6 Å². The first-order valence-corrected chi connectivity index (χ1v) is 4.72. The van der Waals surface area contributed by atoms with Crippen LogP contribution in [0.2, 0.25) is 0 Å². The summed E-state index contributed by atoms with van der Waals surface area (Å²) >= 11 is 3.01. The van der Waals surface area contributed by atoms with E-state index in [1.165, 1.54) is 6.07 Å². The molecule has 0 saturated carbocycles. The van der Waals surface area contributed by atoms with Crippen molar-refractivity contribution in [3.8, 4) is 0 Å². The summed E-state index contributed by atoms with van der Waals surface area (Å²) in [5.74, 6) is -1.05. The fraction of sp³-hybridized carbons (Fsp3) is 0.333. The number of rotatable bonds is 3. The summed E-state index contributed by atoms with van der Waals surface area (Å²) in [7, 11) is 1.79. The van der Waals surface area contributed by atoms with E-state index < -0.39 is 11.6 Å². The van der Waals surface area contributed by atoms with Crippen LogP contribution in [0.4, 0.5) is 8.78 Å². The predicted octanol–water partition coefficient (Wildman–Crippen LogP) is 2.49. The zero-order chi connectivity index (χ0) is 9.84. The Balaban J connectivity index is 2.88. The molecule has 0 heterocycles. The van der Waals surface area contributed by atoms with Gasteiger partial charge in [-0.1, -0.05) is 0 Å². The van der Waals surface area contributed by atoms with Gasteiger partial charge in [0.05, 0.1) is 4.47 Å². The molecule has 4 heteroatoms. The van der Waals surface area contributed by atoms with Crippen molar-refractivity contribution >= 4 is 15.9 Å². The smallest absolute Gasteiger partial charge is 0.140 e. The summed E-state index contributed by atoms with van der Waals surface area (Å²) in [6, 6.07) is 2.37. The number of hydrogen-bond donors (Lipinski definition) is 1. The Morgan fingerprint density at radius 1 is 1.31 bits per heavy atom. The summed E-state index contributed by atoms with van der Waals surface area (Å²) in [4.78, 5) is 0. The minimum atomic E-state index is -0.564. The molecule has 0 spiro atoms. The highest BCUT2D eigenvalue weighted by Crippen LogP contribution is 2.20. The minimum absolute atomic E-state index is 0.306. The number of benzene rings is 1. The zero-order valence-electron chi connectivity index (χ0n) is 7.20. The SMILES string of the molecule is CNCCc1cc(Br)c(F)cc1F. The Hall–Kier alpha value is -0.480. The van der Waals surface area contributed by atoms with Crippen molar-refractivity contribution in [2.45, 2.75) is 6.42 Å². The van der Waals surface area contributed by atoms with Crippen LogP contribution in [-0.2, 0) is 6.42 Å². The lowest BCUT2D eigenvalue weighted by molar-refractivity contribution is 0.566. The molecule has 1 aromatic rings. The van der Waals surface area contributed by atoms with Gasteiger partial charge in [-0.2, -0.15) is 0 Å². The maximum Gasteiger partial charge on any atom is 0.140 e. The fourth-order valence-electron chi connectivity index (χ4n) is 1.02. The fourth-order valence-corrected chi connectivity index (χ4v) is 1.41. The second kappa shape index (κ2) is 4.67. The van der Waals surface area contributed by atoms with Crippen LogP contribution in [0.1, 0.15) is 5.56 Å². The summed E-state index contributed by atoms with van der Waals surface area (Å²) in [5, 5.41) is 2.90. The molecule has 0 aromatic heterocycles. The molecule has 13 heavy (non-hydrogen) atoms. The highest BCUT2D eigenvalue weighted by molar-refractivity contribution is 9.10. The van der Waals surface area contributed by atoms with Crippen LogP contribution in [0.25, 0.3) is 0 Å². The summed E-state index contributed by atoms with van der Waals surface area (Å²) in [5.41, 5.74) is 0.516. The van der Waals surface area contributed by atoms with Crippen LogP contribution in [0, 0.1) is 11.6 Å². The Morgan fingerprint density at radius 3 is 2.62 bits per heavy atom. The van der Waals surface area contributed by atoms with E-state index in [2.05, 4.69) is 21.2 Å². The Labute approximate surface area is 84.3 Å². The van der Waals surface area contributed by atoms with Gasteiger partial charge < -0.3 is 5.32 Å². The lowest BCUT2D eigenvalue weighted by Gasteiger charge is -2.04. The monoisotopic (exact) mass is 249 g/mol. The van der Waals surface area contributed by atoms with Crippen molar-refractivity contribution < 1.29 is 8.78 Å². The average molecular weight is 250 g/mol. The molecule has 0 aliphatic heterocycles. The van der Waals surface area contributed by atoms with Gasteiger partial charge in [-0.15, -0.1) is 0 Å². The summed E-state index contributed by atoms with van der Waals surface area (Å²) < 4.78 is 26.1. The number of nitrogens with one attached hydrogen (secondary N) is 1. The van der Waals surface area contributed by atoms with Crippen molar-refractivity contribution in [1.29, 1.82) is 0 Å². The number of hydrogen-bond acceptors (Lipinski definition) is 1. The molecule has 0 saturated heterocycles. The lowest BCUT2D eigenvalue weighted by atomic mass is 10.1. The highest BCUT2D eigenvalue weighted by Gasteiger charge is 2.07. The van der Waals surface area contributed by atoms with Crippen LogP contribution in [-0.4, -0.2) is 13.6 Å². The molecule has 0 bridgehead atoms. The van der Waals surface area contributed by atoms with Crippen LogP contribution in [0.5, 0.6) is 0 Å². The third kappa shape index (κ3) is 2.74. The van der Waals surface area contributed by atoms with E-state index in [4.69, 9.17) is 0 Å². The van der Waals surface area contributed by atoms with Gasteiger partial charge in [0.1, 0.15) is 11.6 Å². The predicted molar refractivity (Wildman–Crippen MR) is 51.7 cm³/mol. The van der Waals surface area contributed by atoms with Crippen LogP contribution >= 0.6 is 15.9 Å². The Kier molecular flexibility index (Phi) is 3.81. The van der Waals surface area contributed by atoms with Crippen molar-refractivity contribution in [3.05, 3.63) is 33.8 Å². The van der Waals surface area contributed by atoms with Gasteiger partial charge in [0.15, 0.2) is 0 Å². The molecule has 0 atom stereocenters. The maximum absolute atomic E-state index is 13.1. The highest BCUT2D eigenvalue weighted by atomic mass is 79.9. The van der Waals surface area contributed by atoms with Crippen LogP contribution < -0.4 is 5.32 Å². The number of likely N-dealkylation sites (N-methyl/N-ethyl adjacent to an activating group) is 1. The average Bonchev–Trinajstić information content (AvgIpc) is 2.09. The largest absolute Gasteiger partial charge is 0.319 e. The first-order valence-electron chi connectivity index (χ1n) is 3.93. The van der Waals surface area contributed by atoms with Crippen LogP contribution in [0.15, 0.2) is 16.6 Å². The summed E-state index contributed by atoms with van der Waals surface area (Å²) in [6.07, 6.45) is 0.557. The van der Waals surface area contributed by atoms with Gasteiger partial charge in [-0.25, -0.2) is 8.78 Å². The molecule has 72 valence electrons. The van der Waals surface area contributed by atoms with E-state index in [1.807, 2.05) is 0 Å². The molecule has 1 aromatic carbocycles. The molecule has 1 N–H and O–H groups in total. The van der Waals surface area contributed by atoms with Crippen molar-refractivity contribution in [3.63, 3.8) is 0 Å². The molecular formula is C9H10BrF2N. The first-order chi connectivity index (χ1) is 6.15. The zero-order valence-corrected chi connectivity index (χ0v) is 8.79. The van der Waals surface area contributed by atoms with Gasteiger partial charge in [0, 0.05) is 6.07 Å². The van der Waals surface area contributed by atoms with Gasteiger partial charge >= 0.3 is 0 Å². The quantitative estimate of drug-likeness (QED) is 0.812. The van der Waals surface area contributed by atoms with Gasteiger partial charge in [0.2, 0.25) is 0 Å². The molecular weight excluding hydrogens is 240 g/mol. The lowest BCUT2D eigenvalue weighted by Crippen LogP contribution is -2.11.